The molecule has 0 aliphatic heterocycles. The van der Waals surface area contributed by atoms with Crippen LogP contribution in [0.5, 0.6) is 0 Å². The standard InChI is InChI=1S/C19H17N7O5/c1-11-5-3-8-15(12(11)2)22-17-16(26(30)31)18(21-10-20-17)23-24-19(27)13-6-4-7-14(9-13)25(28)29/h3-10H,1-2H3,(H,24,27)(H2,20,21,22,23). The Labute approximate surface area is 175 Å². The van der Waals surface area contributed by atoms with Crippen molar-refractivity contribution in [1.29, 1.82) is 0 Å². The molecule has 158 valence electrons. The fourth-order valence-electron chi connectivity index (χ4n) is 2.70. The molecule has 0 fully saturated rings. The second-order valence-corrected chi connectivity index (χ2v) is 6.44. The van der Waals surface area contributed by atoms with Crippen molar-refractivity contribution >= 4 is 34.6 Å². The molecule has 12 nitrogen and oxygen atoms in total. The number of hydrogen-bond donors (Lipinski definition) is 3. The number of anilines is 3. The van der Waals surface area contributed by atoms with Gasteiger partial charge in [0, 0.05) is 23.4 Å². The van der Waals surface area contributed by atoms with E-state index >= 15 is 0 Å². The zero-order valence-electron chi connectivity index (χ0n) is 16.4. The number of nitro benzene ring substituents is 1. The summed E-state index contributed by atoms with van der Waals surface area (Å²) in [5.74, 6) is -1.06. The van der Waals surface area contributed by atoms with E-state index in [-0.39, 0.29) is 22.9 Å². The molecule has 3 N–H and O–H groups in total. The minimum absolute atomic E-state index is 0.00727. The molecule has 0 saturated heterocycles. The second-order valence-electron chi connectivity index (χ2n) is 6.44. The Morgan fingerprint density at radius 3 is 2.39 bits per heavy atom. The van der Waals surface area contributed by atoms with Gasteiger partial charge >= 0.3 is 5.69 Å². The summed E-state index contributed by atoms with van der Waals surface area (Å²) in [5, 5.41) is 25.5. The molecular formula is C19H17N7O5. The number of non-ortho nitro benzene ring substituents is 1. The predicted molar refractivity (Wildman–Crippen MR) is 112 cm³/mol. The molecule has 0 saturated carbocycles. The van der Waals surface area contributed by atoms with Gasteiger partial charge in [0.05, 0.1) is 9.85 Å². The number of carbonyl (C=O) groups excluding carboxylic acids is 1. The van der Waals surface area contributed by atoms with Crippen LogP contribution in [0.4, 0.5) is 28.7 Å². The van der Waals surface area contributed by atoms with Gasteiger partial charge in [0.15, 0.2) is 0 Å². The molecule has 0 aliphatic carbocycles. The topological polar surface area (TPSA) is 165 Å². The number of nitrogens with one attached hydrogen (secondary N) is 3. The molecule has 0 atom stereocenters. The summed E-state index contributed by atoms with van der Waals surface area (Å²) >= 11 is 0. The van der Waals surface area contributed by atoms with Crippen molar-refractivity contribution in [2.24, 2.45) is 0 Å². The number of hydrogen-bond acceptors (Lipinski definition) is 9. The summed E-state index contributed by atoms with van der Waals surface area (Å²) < 4.78 is 0. The highest BCUT2D eigenvalue weighted by Gasteiger charge is 2.24. The number of rotatable bonds is 7. The number of amides is 1. The average molecular weight is 423 g/mol. The van der Waals surface area contributed by atoms with E-state index in [0.717, 1.165) is 23.5 Å². The van der Waals surface area contributed by atoms with Gasteiger partial charge in [-0.1, -0.05) is 18.2 Å². The molecule has 0 unspecified atom stereocenters. The Bertz CT molecular complexity index is 1180. The van der Waals surface area contributed by atoms with E-state index in [1.807, 2.05) is 19.9 Å². The summed E-state index contributed by atoms with van der Waals surface area (Å²) in [6, 6.07) is 10.5. The monoisotopic (exact) mass is 423 g/mol. The normalized spacial score (nSPS) is 10.3. The molecule has 3 aromatic rings. The lowest BCUT2D eigenvalue weighted by Gasteiger charge is -2.13. The van der Waals surface area contributed by atoms with Crippen LogP contribution in [-0.2, 0) is 0 Å². The van der Waals surface area contributed by atoms with Gasteiger partial charge in [-0.3, -0.25) is 35.9 Å². The maximum atomic E-state index is 12.3. The van der Waals surface area contributed by atoms with Gasteiger partial charge in [0.25, 0.3) is 11.6 Å². The van der Waals surface area contributed by atoms with Crippen molar-refractivity contribution in [2.75, 3.05) is 10.7 Å². The number of aromatic nitrogens is 2. The van der Waals surface area contributed by atoms with E-state index in [2.05, 4.69) is 26.1 Å². The summed E-state index contributed by atoms with van der Waals surface area (Å²) in [6.07, 6.45) is 1.10. The van der Waals surface area contributed by atoms with Crippen LogP contribution in [-0.4, -0.2) is 25.7 Å². The lowest BCUT2D eigenvalue weighted by molar-refractivity contribution is -0.384. The number of hydrazine groups is 1. The SMILES string of the molecule is Cc1cccc(Nc2ncnc(NNC(=O)c3cccc([N+](=O)[O-])c3)c2[N+](=O)[O-])c1C. The van der Waals surface area contributed by atoms with E-state index in [0.29, 0.717) is 5.69 Å². The van der Waals surface area contributed by atoms with Crippen LogP contribution >= 0.6 is 0 Å². The molecule has 0 spiro atoms. The number of carbonyl (C=O) groups is 1. The third kappa shape index (κ3) is 4.70. The summed E-state index contributed by atoms with van der Waals surface area (Å²) in [4.78, 5) is 41.3. The molecule has 31 heavy (non-hydrogen) atoms. The first-order valence-corrected chi connectivity index (χ1v) is 8.91. The first-order valence-electron chi connectivity index (χ1n) is 8.91. The van der Waals surface area contributed by atoms with Crippen LogP contribution in [0.1, 0.15) is 21.5 Å². The highest BCUT2D eigenvalue weighted by atomic mass is 16.6. The van der Waals surface area contributed by atoms with Crippen LogP contribution < -0.4 is 16.2 Å². The Morgan fingerprint density at radius 1 is 0.968 bits per heavy atom. The Morgan fingerprint density at radius 2 is 1.68 bits per heavy atom. The largest absolute Gasteiger partial charge is 0.355 e. The number of nitrogens with zero attached hydrogens (tertiary/aromatic N) is 4. The lowest BCUT2D eigenvalue weighted by atomic mass is 10.1. The predicted octanol–water partition coefficient (Wildman–Crippen LogP) is 3.41. The molecule has 0 aliphatic rings. The zero-order chi connectivity index (χ0) is 22.5. The fourth-order valence-corrected chi connectivity index (χ4v) is 2.70. The van der Waals surface area contributed by atoms with Crippen LogP contribution in [0.25, 0.3) is 0 Å². The van der Waals surface area contributed by atoms with Crippen molar-refractivity contribution in [3.8, 4) is 0 Å². The molecule has 1 amide bonds. The number of nitro groups is 2. The zero-order valence-corrected chi connectivity index (χ0v) is 16.4. The molecule has 1 aromatic heterocycles. The van der Waals surface area contributed by atoms with Crippen LogP contribution in [0.15, 0.2) is 48.8 Å². The lowest BCUT2D eigenvalue weighted by Crippen LogP contribution is -2.30. The third-order valence-electron chi connectivity index (χ3n) is 4.48. The van der Waals surface area contributed by atoms with E-state index in [1.165, 1.54) is 18.2 Å². The van der Waals surface area contributed by atoms with E-state index < -0.39 is 21.4 Å². The van der Waals surface area contributed by atoms with Crippen LogP contribution in [0, 0.1) is 34.1 Å². The van der Waals surface area contributed by atoms with Gasteiger partial charge in [0.1, 0.15) is 6.33 Å². The fraction of sp³-hybridized carbons (Fsp3) is 0.105. The van der Waals surface area contributed by atoms with Gasteiger partial charge in [-0.2, -0.15) is 0 Å². The summed E-state index contributed by atoms with van der Waals surface area (Å²) in [6.45, 7) is 3.77. The maximum Gasteiger partial charge on any atom is 0.355 e. The van der Waals surface area contributed by atoms with Crippen LogP contribution in [0.2, 0.25) is 0 Å². The van der Waals surface area contributed by atoms with Crippen molar-refractivity contribution in [1.82, 2.24) is 15.4 Å². The average Bonchev–Trinajstić information content (AvgIpc) is 2.75. The minimum atomic E-state index is -0.736. The van der Waals surface area contributed by atoms with Crippen molar-refractivity contribution in [3.05, 3.63) is 85.7 Å². The number of benzene rings is 2. The van der Waals surface area contributed by atoms with Crippen molar-refractivity contribution in [3.63, 3.8) is 0 Å². The van der Waals surface area contributed by atoms with E-state index in [1.54, 1.807) is 12.1 Å². The molecule has 0 radical (unpaired) electrons. The van der Waals surface area contributed by atoms with E-state index in [4.69, 9.17) is 0 Å². The molecule has 1 heterocycles. The summed E-state index contributed by atoms with van der Waals surface area (Å²) in [5.41, 5.74) is 6.41. The highest BCUT2D eigenvalue weighted by Crippen LogP contribution is 2.32. The van der Waals surface area contributed by atoms with E-state index in [9.17, 15) is 25.0 Å². The van der Waals surface area contributed by atoms with Crippen molar-refractivity contribution in [2.45, 2.75) is 13.8 Å². The third-order valence-corrected chi connectivity index (χ3v) is 4.48. The van der Waals surface area contributed by atoms with Gasteiger partial charge in [-0.15, -0.1) is 0 Å². The number of aryl methyl sites for hydroxylation is 1. The van der Waals surface area contributed by atoms with Gasteiger partial charge < -0.3 is 5.32 Å². The smallest absolute Gasteiger partial charge is 0.334 e. The van der Waals surface area contributed by atoms with Gasteiger partial charge in [-0.25, -0.2) is 9.97 Å². The Balaban J connectivity index is 1.85. The van der Waals surface area contributed by atoms with Gasteiger partial charge in [0.2, 0.25) is 11.6 Å². The molecule has 0 bridgehead atoms. The highest BCUT2D eigenvalue weighted by molar-refractivity contribution is 5.95. The first kappa shape index (κ1) is 21.1. The molecule has 12 heteroatoms. The Hall–Kier alpha value is -4.61. The molecule has 2 aromatic carbocycles. The summed E-state index contributed by atoms with van der Waals surface area (Å²) in [7, 11) is 0. The van der Waals surface area contributed by atoms with Crippen LogP contribution in [0.3, 0.4) is 0 Å². The molecular weight excluding hydrogens is 406 g/mol. The quantitative estimate of drug-likeness (QED) is 0.381. The molecule has 3 rings (SSSR count). The Kier molecular flexibility index (Phi) is 6.00. The second kappa shape index (κ2) is 8.82. The maximum absolute atomic E-state index is 12.3. The van der Waals surface area contributed by atoms with Crippen molar-refractivity contribution < 1.29 is 14.6 Å². The first-order chi connectivity index (χ1) is 14.8. The van der Waals surface area contributed by atoms with Gasteiger partial charge in [-0.05, 0) is 37.1 Å². The minimum Gasteiger partial charge on any atom is -0.334 e.